The van der Waals surface area contributed by atoms with Crippen LogP contribution in [0.1, 0.15) is 38.2 Å². The van der Waals surface area contributed by atoms with Crippen LogP contribution in [-0.4, -0.2) is 64.0 Å². The second-order valence-electron chi connectivity index (χ2n) is 6.92. The second-order valence-corrected chi connectivity index (χ2v) is 6.92. The van der Waals surface area contributed by atoms with Gasteiger partial charge in [0.2, 0.25) is 0 Å². The topological polar surface area (TPSA) is 90.3 Å². The number of likely N-dealkylation sites (N-methyl/N-ethyl adjacent to an activating group) is 1. The first-order valence-corrected chi connectivity index (χ1v) is 8.99. The van der Waals surface area contributed by atoms with E-state index in [1.54, 1.807) is 14.0 Å². The zero-order valence-corrected chi connectivity index (χ0v) is 15.4. The van der Waals surface area contributed by atoms with Crippen molar-refractivity contribution in [2.75, 3.05) is 13.6 Å². The van der Waals surface area contributed by atoms with Gasteiger partial charge in [0.15, 0.2) is 0 Å². The van der Waals surface area contributed by atoms with Gasteiger partial charge in [0.1, 0.15) is 6.61 Å². The third-order valence-corrected chi connectivity index (χ3v) is 4.81. The van der Waals surface area contributed by atoms with Crippen LogP contribution in [0.3, 0.4) is 0 Å². The highest BCUT2D eigenvalue weighted by molar-refractivity contribution is 5.68. The summed E-state index contributed by atoms with van der Waals surface area (Å²) in [4.78, 5) is 26.7. The van der Waals surface area contributed by atoms with Crippen molar-refractivity contribution in [2.45, 2.75) is 57.4 Å². The molecule has 1 aliphatic carbocycles. The van der Waals surface area contributed by atoms with Crippen LogP contribution in [0.2, 0.25) is 0 Å². The van der Waals surface area contributed by atoms with Crippen molar-refractivity contribution in [3.05, 3.63) is 35.9 Å². The van der Waals surface area contributed by atoms with Crippen LogP contribution in [0.25, 0.3) is 0 Å². The summed E-state index contributed by atoms with van der Waals surface area (Å²) in [5, 5.41) is 19.2. The number of carbonyl (C=O) groups excluding carboxylic acids is 1. The fourth-order valence-corrected chi connectivity index (χ4v) is 3.43. The van der Waals surface area contributed by atoms with E-state index in [0.29, 0.717) is 25.7 Å². The van der Waals surface area contributed by atoms with Crippen molar-refractivity contribution in [3.8, 4) is 0 Å². The van der Waals surface area contributed by atoms with Crippen molar-refractivity contribution < 1.29 is 24.5 Å². The molecule has 1 fully saturated rings. The van der Waals surface area contributed by atoms with Gasteiger partial charge in [0.25, 0.3) is 0 Å². The fourth-order valence-electron chi connectivity index (χ4n) is 3.43. The van der Waals surface area contributed by atoms with Gasteiger partial charge in [0.05, 0.1) is 12.1 Å². The summed E-state index contributed by atoms with van der Waals surface area (Å²) in [7, 11) is 1.61. The van der Waals surface area contributed by atoms with Crippen LogP contribution in [0, 0.1) is 0 Å². The van der Waals surface area contributed by atoms with E-state index in [2.05, 4.69) is 0 Å². The average Bonchev–Trinajstić information content (AvgIpc) is 2.62. The lowest BCUT2D eigenvalue weighted by Crippen LogP contribution is -2.51. The van der Waals surface area contributed by atoms with Gasteiger partial charge in [-0.15, -0.1) is 0 Å². The molecule has 2 N–H and O–H groups in total. The monoisotopic (exact) mass is 364 g/mol. The van der Waals surface area contributed by atoms with Crippen LogP contribution in [0.15, 0.2) is 30.3 Å². The van der Waals surface area contributed by atoms with Crippen molar-refractivity contribution in [1.29, 1.82) is 0 Å². The predicted molar refractivity (Wildman–Crippen MR) is 96.8 cm³/mol. The summed E-state index contributed by atoms with van der Waals surface area (Å²) in [6.45, 7) is 2.22. The Morgan fingerprint density at radius 1 is 1.19 bits per heavy atom. The standard InChI is InChI=1S/C19H28N2O5/c1-14(21(18(23)24)16-8-10-17(22)11-9-16)12-20(2)19(25)26-13-15-6-4-3-5-7-15/h3-7,14,16-17,22H,8-13H2,1-2H3,(H,23,24). The van der Waals surface area contributed by atoms with Gasteiger partial charge in [-0.2, -0.15) is 0 Å². The van der Waals surface area contributed by atoms with Gasteiger partial charge in [0, 0.05) is 19.6 Å². The predicted octanol–water partition coefficient (Wildman–Crippen LogP) is 2.93. The summed E-state index contributed by atoms with van der Waals surface area (Å²) in [5.74, 6) is 0. The lowest BCUT2D eigenvalue weighted by atomic mass is 9.91. The molecule has 7 heteroatoms. The molecule has 0 saturated heterocycles. The Hall–Kier alpha value is -2.28. The van der Waals surface area contributed by atoms with E-state index in [4.69, 9.17) is 4.74 Å². The molecule has 1 aromatic carbocycles. The Kier molecular flexibility index (Phi) is 7.26. The quantitative estimate of drug-likeness (QED) is 0.810. The maximum absolute atomic E-state index is 12.2. The number of aliphatic hydroxyl groups is 1. The summed E-state index contributed by atoms with van der Waals surface area (Å²) in [6, 6.07) is 8.91. The normalized spacial score (nSPS) is 20.9. The van der Waals surface area contributed by atoms with Gasteiger partial charge >= 0.3 is 12.2 Å². The van der Waals surface area contributed by atoms with E-state index >= 15 is 0 Å². The molecule has 0 bridgehead atoms. The first kappa shape index (κ1) is 20.0. The van der Waals surface area contributed by atoms with Gasteiger partial charge in [-0.05, 0) is 38.2 Å². The molecule has 0 spiro atoms. The van der Waals surface area contributed by atoms with E-state index in [9.17, 15) is 19.8 Å². The molecule has 2 rings (SSSR count). The number of aliphatic hydroxyl groups excluding tert-OH is 1. The number of nitrogens with zero attached hydrogens (tertiary/aromatic N) is 2. The maximum Gasteiger partial charge on any atom is 0.409 e. The molecule has 0 heterocycles. The highest BCUT2D eigenvalue weighted by Crippen LogP contribution is 2.25. The minimum Gasteiger partial charge on any atom is -0.465 e. The SMILES string of the molecule is CC(CN(C)C(=O)OCc1ccccc1)N(C(=O)O)C1CCC(O)CC1. The number of benzene rings is 1. The molecule has 144 valence electrons. The number of amides is 2. The van der Waals surface area contributed by atoms with E-state index < -0.39 is 12.2 Å². The number of carbonyl (C=O) groups is 2. The summed E-state index contributed by atoms with van der Waals surface area (Å²) in [6.07, 6.45) is 0.675. The summed E-state index contributed by atoms with van der Waals surface area (Å²) >= 11 is 0. The lowest BCUT2D eigenvalue weighted by molar-refractivity contribution is 0.0436. The number of hydrogen-bond donors (Lipinski definition) is 2. The highest BCUT2D eigenvalue weighted by atomic mass is 16.6. The molecule has 0 radical (unpaired) electrons. The summed E-state index contributed by atoms with van der Waals surface area (Å²) in [5.41, 5.74) is 0.898. The van der Waals surface area contributed by atoms with Gasteiger partial charge < -0.3 is 24.7 Å². The van der Waals surface area contributed by atoms with Crippen molar-refractivity contribution in [3.63, 3.8) is 0 Å². The molecular weight excluding hydrogens is 336 g/mol. The van der Waals surface area contributed by atoms with E-state index in [1.807, 2.05) is 30.3 Å². The first-order valence-electron chi connectivity index (χ1n) is 8.99. The zero-order valence-electron chi connectivity index (χ0n) is 15.4. The molecule has 7 nitrogen and oxygen atoms in total. The third-order valence-electron chi connectivity index (χ3n) is 4.81. The van der Waals surface area contributed by atoms with Crippen LogP contribution < -0.4 is 0 Å². The van der Waals surface area contributed by atoms with Crippen molar-refractivity contribution >= 4 is 12.2 Å². The Bertz CT molecular complexity index is 587. The highest BCUT2D eigenvalue weighted by Gasteiger charge is 2.32. The molecule has 1 aliphatic rings. The van der Waals surface area contributed by atoms with Crippen molar-refractivity contribution in [1.82, 2.24) is 9.80 Å². The Labute approximate surface area is 154 Å². The largest absolute Gasteiger partial charge is 0.465 e. The molecule has 1 aromatic rings. The molecule has 26 heavy (non-hydrogen) atoms. The van der Waals surface area contributed by atoms with Crippen molar-refractivity contribution in [2.24, 2.45) is 0 Å². The molecule has 0 aromatic heterocycles. The Morgan fingerprint density at radius 3 is 2.38 bits per heavy atom. The average molecular weight is 364 g/mol. The van der Waals surface area contributed by atoms with Gasteiger partial charge in [-0.3, -0.25) is 0 Å². The number of ether oxygens (including phenoxy) is 1. The minimum atomic E-state index is -0.995. The van der Waals surface area contributed by atoms with Gasteiger partial charge in [-0.1, -0.05) is 30.3 Å². The Morgan fingerprint density at radius 2 is 1.81 bits per heavy atom. The molecule has 1 saturated carbocycles. The molecule has 1 atom stereocenters. The maximum atomic E-state index is 12.2. The van der Waals surface area contributed by atoms with Crippen LogP contribution >= 0.6 is 0 Å². The molecule has 2 amide bonds. The third kappa shape index (κ3) is 5.62. The smallest absolute Gasteiger partial charge is 0.409 e. The van der Waals surface area contributed by atoms with Crippen LogP contribution in [0.4, 0.5) is 9.59 Å². The van der Waals surface area contributed by atoms with Crippen LogP contribution in [0.5, 0.6) is 0 Å². The molecular formula is C19H28N2O5. The lowest BCUT2D eigenvalue weighted by Gasteiger charge is -2.38. The molecule has 0 aliphatic heterocycles. The number of carboxylic acid groups (broad SMARTS) is 1. The summed E-state index contributed by atoms with van der Waals surface area (Å²) < 4.78 is 5.28. The van der Waals surface area contributed by atoms with E-state index in [0.717, 1.165) is 5.56 Å². The first-order chi connectivity index (χ1) is 12.4. The van der Waals surface area contributed by atoms with E-state index in [-0.39, 0.29) is 31.3 Å². The molecule has 1 unspecified atom stereocenters. The van der Waals surface area contributed by atoms with E-state index in [1.165, 1.54) is 9.80 Å². The van der Waals surface area contributed by atoms with Gasteiger partial charge in [-0.25, -0.2) is 9.59 Å². The second kappa shape index (κ2) is 9.43. The number of rotatable bonds is 6. The minimum absolute atomic E-state index is 0.125. The fraction of sp³-hybridized carbons (Fsp3) is 0.579. The van der Waals surface area contributed by atoms with Crippen LogP contribution in [-0.2, 0) is 11.3 Å². The Balaban J connectivity index is 1.87. The zero-order chi connectivity index (χ0) is 19.1. The number of hydrogen-bond acceptors (Lipinski definition) is 4.